The molecule has 0 fully saturated rings. The number of aromatic amines is 2. The maximum atomic E-state index is 4.57. The molecule has 0 unspecified atom stereocenters. The average Bonchev–Trinajstić information content (AvgIpc) is 3.43. The molecule has 0 saturated heterocycles. The Balaban J connectivity index is 1.52. The fourth-order valence-corrected chi connectivity index (χ4v) is 3.76. The largest absolute Gasteiger partial charge is 0.338 e. The minimum atomic E-state index is 0.820. The monoisotopic (exact) mass is 389 g/mol. The summed E-state index contributed by atoms with van der Waals surface area (Å²) in [6.45, 7) is 0. The van der Waals surface area contributed by atoms with Crippen LogP contribution in [0, 0.1) is 0 Å². The molecule has 0 radical (unpaired) electrons. The van der Waals surface area contributed by atoms with Crippen LogP contribution in [0.15, 0.2) is 79.6 Å². The third kappa shape index (κ3) is 2.64. The van der Waals surface area contributed by atoms with Crippen LogP contribution in [0.2, 0.25) is 0 Å². The van der Waals surface area contributed by atoms with Gasteiger partial charge >= 0.3 is 0 Å². The van der Waals surface area contributed by atoms with E-state index in [-0.39, 0.29) is 0 Å². The molecule has 0 aliphatic heterocycles. The second kappa shape index (κ2) is 6.59. The first-order valence-electron chi connectivity index (χ1n) is 9.50. The van der Waals surface area contributed by atoms with E-state index in [2.05, 4.69) is 47.2 Å². The molecule has 7 heteroatoms. The maximum Gasteiger partial charge on any atom is 0.138 e. The zero-order chi connectivity index (χ0) is 19.9. The van der Waals surface area contributed by atoms with Crippen LogP contribution in [0.25, 0.3) is 55.7 Å². The topological polar surface area (TPSA) is 96.0 Å². The van der Waals surface area contributed by atoms with Gasteiger partial charge in [0.25, 0.3) is 0 Å². The molecule has 0 aliphatic carbocycles. The van der Waals surface area contributed by atoms with E-state index in [1.54, 1.807) is 31.0 Å². The zero-order valence-corrected chi connectivity index (χ0v) is 15.7. The normalized spacial score (nSPS) is 11.3. The Bertz CT molecular complexity index is 1480. The summed E-state index contributed by atoms with van der Waals surface area (Å²) in [5.41, 5.74) is 7.54. The lowest BCUT2D eigenvalue weighted by molar-refractivity contribution is 1.12. The molecule has 5 heterocycles. The third-order valence-electron chi connectivity index (χ3n) is 5.20. The molecule has 7 nitrogen and oxygen atoms in total. The average molecular weight is 389 g/mol. The molecule has 2 N–H and O–H groups in total. The lowest BCUT2D eigenvalue weighted by atomic mass is 10.0. The Morgan fingerprint density at radius 2 is 1.63 bits per heavy atom. The smallest absolute Gasteiger partial charge is 0.138 e. The van der Waals surface area contributed by atoms with Crippen LogP contribution in [0.1, 0.15) is 0 Å². The van der Waals surface area contributed by atoms with Crippen LogP contribution in [0.3, 0.4) is 0 Å². The first-order valence-corrected chi connectivity index (χ1v) is 9.50. The minimum Gasteiger partial charge on any atom is -0.338 e. The predicted octanol–water partition coefficient (Wildman–Crippen LogP) is 4.63. The van der Waals surface area contributed by atoms with E-state index in [1.807, 2.05) is 36.5 Å². The second-order valence-corrected chi connectivity index (χ2v) is 6.96. The molecule has 0 spiro atoms. The molecule has 0 amide bonds. The summed E-state index contributed by atoms with van der Waals surface area (Å²) in [5, 5.41) is 9.74. The van der Waals surface area contributed by atoms with Crippen molar-refractivity contribution >= 4 is 21.9 Å². The van der Waals surface area contributed by atoms with Crippen molar-refractivity contribution < 1.29 is 0 Å². The van der Waals surface area contributed by atoms with Gasteiger partial charge in [-0.15, -0.1) is 0 Å². The summed E-state index contributed by atoms with van der Waals surface area (Å²) in [6.07, 6.45) is 10.5. The van der Waals surface area contributed by atoms with Gasteiger partial charge in [-0.3, -0.25) is 20.1 Å². The lowest BCUT2D eigenvalue weighted by Crippen LogP contribution is -1.84. The van der Waals surface area contributed by atoms with E-state index in [1.165, 1.54) is 0 Å². The maximum absolute atomic E-state index is 4.57. The van der Waals surface area contributed by atoms with Gasteiger partial charge in [-0.2, -0.15) is 5.10 Å². The van der Waals surface area contributed by atoms with Gasteiger partial charge < -0.3 is 4.98 Å². The summed E-state index contributed by atoms with van der Waals surface area (Å²) in [7, 11) is 0. The third-order valence-corrected chi connectivity index (χ3v) is 5.20. The molecule has 0 aliphatic rings. The van der Waals surface area contributed by atoms with Crippen LogP contribution in [-0.4, -0.2) is 35.1 Å². The fourth-order valence-electron chi connectivity index (χ4n) is 3.76. The Morgan fingerprint density at radius 3 is 2.50 bits per heavy atom. The number of fused-ring (bicyclic) bond motifs is 2. The molecule has 5 aromatic heterocycles. The van der Waals surface area contributed by atoms with Gasteiger partial charge in [-0.1, -0.05) is 6.07 Å². The number of nitrogens with one attached hydrogen (secondary N) is 2. The second-order valence-electron chi connectivity index (χ2n) is 6.96. The molecule has 1 aromatic carbocycles. The fraction of sp³-hybridized carbons (Fsp3) is 0. The van der Waals surface area contributed by atoms with Crippen molar-refractivity contribution in [3.05, 3.63) is 79.6 Å². The minimum absolute atomic E-state index is 0.820. The van der Waals surface area contributed by atoms with Crippen LogP contribution in [0.5, 0.6) is 0 Å². The Hall–Kier alpha value is -4.39. The molecular formula is C23H15N7. The highest BCUT2D eigenvalue weighted by atomic mass is 15.1. The summed E-state index contributed by atoms with van der Waals surface area (Å²) in [5.74, 6) is 0. The van der Waals surface area contributed by atoms with Gasteiger partial charge in [0, 0.05) is 47.3 Å². The van der Waals surface area contributed by atoms with Gasteiger partial charge in [-0.25, -0.2) is 4.98 Å². The van der Waals surface area contributed by atoms with Crippen molar-refractivity contribution in [2.45, 2.75) is 0 Å². The number of hydrogen-bond acceptors (Lipinski definition) is 5. The summed E-state index contributed by atoms with van der Waals surface area (Å²) in [4.78, 5) is 20.6. The van der Waals surface area contributed by atoms with Crippen molar-refractivity contribution in [3.8, 4) is 33.8 Å². The Kier molecular flexibility index (Phi) is 3.64. The molecule has 0 saturated carbocycles. The zero-order valence-electron chi connectivity index (χ0n) is 15.7. The molecule has 6 rings (SSSR count). The van der Waals surface area contributed by atoms with E-state index < -0.39 is 0 Å². The highest BCUT2D eigenvalue weighted by Crippen LogP contribution is 2.34. The van der Waals surface area contributed by atoms with Crippen molar-refractivity contribution in [1.29, 1.82) is 0 Å². The Morgan fingerprint density at radius 1 is 0.700 bits per heavy atom. The van der Waals surface area contributed by atoms with E-state index in [9.17, 15) is 0 Å². The van der Waals surface area contributed by atoms with E-state index in [0.717, 1.165) is 55.7 Å². The first-order chi connectivity index (χ1) is 14.9. The number of benzene rings is 1. The molecule has 6 aromatic rings. The SMILES string of the molecule is c1cc(-c2ccnc3[nH]c(-c4n[nH]c5ccc(-c6cnccn6)cc45)cc23)ccn1. The van der Waals surface area contributed by atoms with Gasteiger partial charge in [0.1, 0.15) is 11.3 Å². The highest BCUT2D eigenvalue weighted by Gasteiger charge is 2.15. The standard InChI is InChI=1S/C23H15N7/c1-2-19-18(11-15(1)21-13-25-9-10-26-21)22(30-29-19)20-12-17-16(5-8-27-23(17)28-20)14-3-6-24-7-4-14/h1-13H,(H,27,28)(H,29,30). The summed E-state index contributed by atoms with van der Waals surface area (Å²) >= 11 is 0. The molecule has 0 atom stereocenters. The quantitative estimate of drug-likeness (QED) is 0.460. The highest BCUT2D eigenvalue weighted by molar-refractivity contribution is 6.00. The van der Waals surface area contributed by atoms with E-state index >= 15 is 0 Å². The van der Waals surface area contributed by atoms with Crippen molar-refractivity contribution in [3.63, 3.8) is 0 Å². The van der Waals surface area contributed by atoms with Crippen molar-refractivity contribution in [2.24, 2.45) is 0 Å². The molecular weight excluding hydrogens is 374 g/mol. The number of nitrogens with zero attached hydrogens (tertiary/aromatic N) is 5. The lowest BCUT2D eigenvalue weighted by Gasteiger charge is -2.01. The Labute approximate surface area is 170 Å². The molecule has 0 bridgehead atoms. The number of pyridine rings is 2. The van der Waals surface area contributed by atoms with Gasteiger partial charge in [0.15, 0.2) is 0 Å². The summed E-state index contributed by atoms with van der Waals surface area (Å²) < 4.78 is 0. The number of aromatic nitrogens is 7. The van der Waals surface area contributed by atoms with Crippen molar-refractivity contribution in [1.82, 2.24) is 35.1 Å². The number of rotatable bonds is 3. The van der Waals surface area contributed by atoms with Gasteiger partial charge in [0.05, 0.1) is 23.1 Å². The van der Waals surface area contributed by atoms with Crippen LogP contribution in [-0.2, 0) is 0 Å². The number of H-pyrrole nitrogens is 2. The summed E-state index contributed by atoms with van der Waals surface area (Å²) in [6, 6.07) is 14.2. The number of hydrogen-bond donors (Lipinski definition) is 2. The molecule has 30 heavy (non-hydrogen) atoms. The van der Waals surface area contributed by atoms with Crippen LogP contribution >= 0.6 is 0 Å². The van der Waals surface area contributed by atoms with Gasteiger partial charge in [-0.05, 0) is 47.5 Å². The van der Waals surface area contributed by atoms with Gasteiger partial charge in [0.2, 0.25) is 0 Å². The van der Waals surface area contributed by atoms with Crippen molar-refractivity contribution in [2.75, 3.05) is 0 Å². The van der Waals surface area contributed by atoms with E-state index in [0.29, 0.717) is 0 Å². The van der Waals surface area contributed by atoms with Crippen LogP contribution < -0.4 is 0 Å². The molecule has 142 valence electrons. The predicted molar refractivity (Wildman–Crippen MR) is 115 cm³/mol. The van der Waals surface area contributed by atoms with E-state index in [4.69, 9.17) is 0 Å². The first kappa shape index (κ1) is 16.6. The van der Waals surface area contributed by atoms with Crippen LogP contribution in [0.4, 0.5) is 0 Å².